The van der Waals surface area contributed by atoms with Crippen LogP contribution in [0.1, 0.15) is 6.92 Å². The SMILES string of the molecule is CC(=O)N[C@@H]1[C@H](O)[C@H](O[C@@H]2O[C@H](CO)[C@H](O[C@H]3O[C@@H](CO)[C@H](O)[C@@H](O)[C@@H]3O)[C@@H](O)[C@H]2O)[C@@H](CO)O[C@@H]1O. The molecule has 0 aromatic heterocycles. The highest BCUT2D eigenvalue weighted by Crippen LogP contribution is 2.32. The van der Waals surface area contributed by atoms with Gasteiger partial charge >= 0.3 is 0 Å². The molecule has 17 nitrogen and oxygen atoms in total. The average Bonchev–Trinajstić information content (AvgIpc) is 2.87. The van der Waals surface area contributed by atoms with Gasteiger partial charge in [-0.2, -0.15) is 0 Å². The molecule has 0 spiro atoms. The lowest BCUT2D eigenvalue weighted by molar-refractivity contribution is -0.373. The van der Waals surface area contributed by atoms with Crippen LogP contribution in [0.25, 0.3) is 0 Å². The lowest BCUT2D eigenvalue weighted by Gasteiger charge is -2.48. The quantitative estimate of drug-likeness (QED) is 0.135. The number of ether oxygens (including phenoxy) is 5. The molecule has 0 unspecified atom stereocenters. The Balaban J connectivity index is 1.74. The molecule has 3 aliphatic heterocycles. The number of aliphatic hydroxyl groups excluding tert-OH is 10. The molecule has 15 atom stereocenters. The van der Waals surface area contributed by atoms with E-state index < -0.39 is 118 Å². The monoisotopic (exact) mass is 545 g/mol. The Labute approximate surface area is 210 Å². The van der Waals surface area contributed by atoms with E-state index in [-0.39, 0.29) is 0 Å². The summed E-state index contributed by atoms with van der Waals surface area (Å²) in [5.74, 6) is -0.620. The van der Waals surface area contributed by atoms with Crippen molar-refractivity contribution in [1.29, 1.82) is 0 Å². The van der Waals surface area contributed by atoms with Crippen molar-refractivity contribution >= 4 is 5.91 Å². The lowest BCUT2D eigenvalue weighted by Crippen LogP contribution is -2.68. The third kappa shape index (κ3) is 6.38. The number of carbonyl (C=O) groups is 1. The van der Waals surface area contributed by atoms with Crippen molar-refractivity contribution in [2.75, 3.05) is 19.8 Å². The maximum absolute atomic E-state index is 11.4. The fraction of sp³-hybridized carbons (Fsp3) is 0.950. The molecule has 0 aromatic rings. The minimum atomic E-state index is -1.92. The number of aliphatic hydroxyl groups is 10. The number of amides is 1. The van der Waals surface area contributed by atoms with Crippen molar-refractivity contribution in [3.05, 3.63) is 0 Å². The Hall–Kier alpha value is -1.13. The molecule has 37 heavy (non-hydrogen) atoms. The zero-order chi connectivity index (χ0) is 27.6. The summed E-state index contributed by atoms with van der Waals surface area (Å²) in [5.41, 5.74) is 0. The molecule has 1 amide bonds. The highest BCUT2D eigenvalue weighted by atomic mass is 16.7. The van der Waals surface area contributed by atoms with Crippen LogP contribution in [-0.4, -0.2) is 169 Å². The molecule has 3 rings (SSSR count). The summed E-state index contributed by atoms with van der Waals surface area (Å²) in [4.78, 5) is 11.4. The van der Waals surface area contributed by atoms with E-state index in [0.717, 1.165) is 6.92 Å². The van der Waals surface area contributed by atoms with Crippen molar-refractivity contribution in [2.45, 2.75) is 99.0 Å². The van der Waals surface area contributed by atoms with Gasteiger partial charge in [0.05, 0.1) is 19.8 Å². The average molecular weight is 545 g/mol. The van der Waals surface area contributed by atoms with Gasteiger partial charge in [0, 0.05) is 6.92 Å². The summed E-state index contributed by atoms with van der Waals surface area (Å²) in [7, 11) is 0. The van der Waals surface area contributed by atoms with Crippen molar-refractivity contribution in [2.24, 2.45) is 0 Å². The lowest BCUT2D eigenvalue weighted by atomic mass is 9.95. The molecule has 0 aliphatic carbocycles. The number of hydrogen-bond acceptors (Lipinski definition) is 16. The van der Waals surface area contributed by atoms with Crippen LogP contribution in [0, 0.1) is 0 Å². The van der Waals surface area contributed by atoms with Gasteiger partial charge in [-0.25, -0.2) is 0 Å². The molecule has 0 aromatic carbocycles. The summed E-state index contributed by atoms with van der Waals surface area (Å²) >= 11 is 0. The molecular weight excluding hydrogens is 510 g/mol. The first-order chi connectivity index (χ1) is 17.4. The molecule has 216 valence electrons. The minimum absolute atomic E-state index is 0.620. The van der Waals surface area contributed by atoms with Crippen molar-refractivity contribution in [1.82, 2.24) is 5.32 Å². The van der Waals surface area contributed by atoms with Crippen LogP contribution >= 0.6 is 0 Å². The van der Waals surface area contributed by atoms with E-state index in [1.807, 2.05) is 0 Å². The fourth-order valence-electron chi connectivity index (χ4n) is 4.46. The Kier molecular flexibility index (Phi) is 10.5. The molecule has 17 heteroatoms. The van der Waals surface area contributed by atoms with E-state index in [0.29, 0.717) is 0 Å². The number of nitrogens with one attached hydrogen (secondary N) is 1. The van der Waals surface area contributed by atoms with E-state index in [1.165, 1.54) is 0 Å². The molecule has 3 fully saturated rings. The number of carbonyl (C=O) groups excluding carboxylic acids is 1. The molecule has 0 saturated carbocycles. The van der Waals surface area contributed by atoms with Crippen LogP contribution in [0.4, 0.5) is 0 Å². The van der Waals surface area contributed by atoms with Crippen LogP contribution in [0.5, 0.6) is 0 Å². The largest absolute Gasteiger partial charge is 0.394 e. The third-order valence-corrected chi connectivity index (χ3v) is 6.49. The van der Waals surface area contributed by atoms with E-state index in [1.54, 1.807) is 0 Å². The smallest absolute Gasteiger partial charge is 0.217 e. The van der Waals surface area contributed by atoms with Gasteiger partial charge in [-0.05, 0) is 0 Å². The predicted octanol–water partition coefficient (Wildman–Crippen LogP) is -7.43. The molecule has 11 N–H and O–H groups in total. The maximum Gasteiger partial charge on any atom is 0.217 e. The Bertz CT molecular complexity index is 743. The highest BCUT2D eigenvalue weighted by molar-refractivity contribution is 5.73. The van der Waals surface area contributed by atoms with Gasteiger partial charge in [-0.1, -0.05) is 0 Å². The zero-order valence-electron chi connectivity index (χ0n) is 19.7. The molecule has 3 saturated heterocycles. The zero-order valence-corrected chi connectivity index (χ0v) is 19.7. The number of rotatable bonds is 8. The van der Waals surface area contributed by atoms with Gasteiger partial charge in [-0.3, -0.25) is 4.79 Å². The van der Waals surface area contributed by atoms with Crippen molar-refractivity contribution in [3.63, 3.8) is 0 Å². The molecule has 3 heterocycles. The summed E-state index contributed by atoms with van der Waals surface area (Å²) < 4.78 is 26.9. The third-order valence-electron chi connectivity index (χ3n) is 6.49. The number of hydrogen-bond donors (Lipinski definition) is 11. The first-order valence-corrected chi connectivity index (χ1v) is 11.6. The van der Waals surface area contributed by atoms with Crippen molar-refractivity contribution < 1.29 is 79.5 Å². The normalized spacial score (nSPS) is 49.0. The first-order valence-electron chi connectivity index (χ1n) is 11.6. The van der Waals surface area contributed by atoms with Crippen LogP contribution in [0.2, 0.25) is 0 Å². The van der Waals surface area contributed by atoms with Gasteiger partial charge in [-0.15, -0.1) is 0 Å². The standard InChI is InChI=1S/C20H35NO16/c1-5(25)21-9-11(27)16(7(3-23)33-18(9)32)36-20-15(31)13(29)17(8(4-24)35-20)37-19-14(30)12(28)10(26)6(2-22)34-19/h6-20,22-24,26-32H,2-4H2,1H3,(H,21,25)/t6-,7+,8+,9+,10-,11-,12+,13-,14-,15+,16+,17-,18-,19+,20-/m0/s1. The van der Waals surface area contributed by atoms with E-state index in [9.17, 15) is 55.9 Å². The molecule has 0 bridgehead atoms. The van der Waals surface area contributed by atoms with Crippen LogP contribution in [0.3, 0.4) is 0 Å². The van der Waals surface area contributed by atoms with Crippen LogP contribution in [-0.2, 0) is 28.5 Å². The summed E-state index contributed by atoms with van der Waals surface area (Å²) in [6.07, 6.45) is -23.2. The summed E-state index contributed by atoms with van der Waals surface area (Å²) in [6, 6.07) is -1.38. The summed E-state index contributed by atoms with van der Waals surface area (Å²) in [6.45, 7) is -1.21. The Morgan fingerprint density at radius 1 is 0.649 bits per heavy atom. The molecular formula is C20H35NO16. The first kappa shape index (κ1) is 30.4. The van der Waals surface area contributed by atoms with Gasteiger partial charge in [0.2, 0.25) is 5.91 Å². The van der Waals surface area contributed by atoms with Gasteiger partial charge < -0.3 is 80.1 Å². The minimum Gasteiger partial charge on any atom is -0.394 e. The van der Waals surface area contributed by atoms with Gasteiger partial charge in [0.1, 0.15) is 73.2 Å². The Morgan fingerprint density at radius 3 is 1.62 bits per heavy atom. The van der Waals surface area contributed by atoms with Crippen molar-refractivity contribution in [3.8, 4) is 0 Å². The van der Waals surface area contributed by atoms with Gasteiger partial charge in [0.15, 0.2) is 18.9 Å². The van der Waals surface area contributed by atoms with Gasteiger partial charge in [0.25, 0.3) is 0 Å². The topological polar surface area (TPSA) is 278 Å². The van der Waals surface area contributed by atoms with E-state index in [2.05, 4.69) is 5.32 Å². The van der Waals surface area contributed by atoms with Crippen LogP contribution in [0.15, 0.2) is 0 Å². The summed E-state index contributed by atoms with van der Waals surface area (Å²) in [5, 5.41) is 103. The predicted molar refractivity (Wildman–Crippen MR) is 113 cm³/mol. The Morgan fingerprint density at radius 2 is 1.11 bits per heavy atom. The van der Waals surface area contributed by atoms with Crippen LogP contribution < -0.4 is 5.32 Å². The maximum atomic E-state index is 11.4. The highest BCUT2D eigenvalue weighted by Gasteiger charge is 2.53. The second-order valence-corrected chi connectivity index (χ2v) is 9.07. The second-order valence-electron chi connectivity index (χ2n) is 9.07. The molecule has 3 aliphatic rings. The van der Waals surface area contributed by atoms with E-state index >= 15 is 0 Å². The fourth-order valence-corrected chi connectivity index (χ4v) is 4.46. The second kappa shape index (κ2) is 12.8. The van der Waals surface area contributed by atoms with E-state index in [4.69, 9.17) is 23.7 Å². The molecule has 0 radical (unpaired) electrons.